The smallest absolute Gasteiger partial charge is 0.142 e. The lowest BCUT2D eigenvalue weighted by atomic mass is 10.1. The second kappa shape index (κ2) is 6.33. The summed E-state index contributed by atoms with van der Waals surface area (Å²) in [5, 5.41) is 3.51. The van der Waals surface area contributed by atoms with E-state index >= 15 is 0 Å². The van der Waals surface area contributed by atoms with Crippen LogP contribution >= 0.6 is 0 Å². The molecule has 1 atom stereocenters. The van der Waals surface area contributed by atoms with E-state index in [1.165, 1.54) is 0 Å². The number of hydrogen-bond donors (Lipinski definition) is 1. The molecule has 2 aromatic rings. The van der Waals surface area contributed by atoms with E-state index in [-0.39, 0.29) is 6.04 Å². The molecule has 0 spiro atoms. The van der Waals surface area contributed by atoms with Crippen LogP contribution in [-0.4, -0.2) is 28.2 Å². The van der Waals surface area contributed by atoms with Crippen molar-refractivity contribution in [2.45, 2.75) is 19.4 Å². The van der Waals surface area contributed by atoms with Crippen molar-refractivity contribution in [3.63, 3.8) is 0 Å². The van der Waals surface area contributed by atoms with Gasteiger partial charge in [0.15, 0.2) is 0 Å². The minimum absolute atomic E-state index is 0.0119. The molecule has 0 saturated carbocycles. The zero-order valence-corrected chi connectivity index (χ0v) is 11.6. The van der Waals surface area contributed by atoms with Crippen molar-refractivity contribution < 1.29 is 4.74 Å². The predicted octanol–water partition coefficient (Wildman–Crippen LogP) is 1.91. The van der Waals surface area contributed by atoms with Crippen molar-refractivity contribution in [3.05, 3.63) is 42.2 Å². The second-order valence-corrected chi connectivity index (χ2v) is 4.40. The molecular formula is C14H20N4O. The Bertz CT molecular complexity index is 524. The Morgan fingerprint density at radius 1 is 1.42 bits per heavy atom. The summed E-state index contributed by atoms with van der Waals surface area (Å²) in [5.41, 5.74) is 1.06. The summed E-state index contributed by atoms with van der Waals surface area (Å²) in [5.74, 6) is 1.75. The van der Waals surface area contributed by atoms with Gasteiger partial charge in [-0.1, -0.05) is 6.92 Å². The monoisotopic (exact) mass is 260 g/mol. The second-order valence-electron chi connectivity index (χ2n) is 4.40. The zero-order valence-electron chi connectivity index (χ0n) is 11.6. The first-order valence-corrected chi connectivity index (χ1v) is 6.46. The highest BCUT2D eigenvalue weighted by Gasteiger charge is 2.21. The third-order valence-corrected chi connectivity index (χ3v) is 3.06. The molecule has 0 aliphatic heterocycles. The molecule has 2 heterocycles. The molecule has 0 amide bonds. The Morgan fingerprint density at radius 3 is 2.89 bits per heavy atom. The molecule has 0 aliphatic rings. The SMILES string of the molecule is CCCNC(c1ccncc1OC)c1nccn1C. The summed E-state index contributed by atoms with van der Waals surface area (Å²) in [4.78, 5) is 8.55. The number of hydrogen-bond acceptors (Lipinski definition) is 4. The van der Waals surface area contributed by atoms with Crippen LogP contribution < -0.4 is 10.1 Å². The summed E-state index contributed by atoms with van der Waals surface area (Å²) in [7, 11) is 3.66. The van der Waals surface area contributed by atoms with E-state index in [0.29, 0.717) is 0 Å². The molecule has 0 fully saturated rings. The lowest BCUT2D eigenvalue weighted by Gasteiger charge is -2.20. The lowest BCUT2D eigenvalue weighted by molar-refractivity contribution is 0.399. The van der Waals surface area contributed by atoms with Gasteiger partial charge in [-0.25, -0.2) is 4.98 Å². The maximum atomic E-state index is 5.40. The summed E-state index contributed by atoms with van der Waals surface area (Å²) in [6, 6.07) is 1.98. The molecule has 0 bridgehead atoms. The summed E-state index contributed by atoms with van der Waals surface area (Å²) >= 11 is 0. The van der Waals surface area contributed by atoms with Gasteiger partial charge in [0.25, 0.3) is 0 Å². The first kappa shape index (κ1) is 13.5. The van der Waals surface area contributed by atoms with E-state index in [9.17, 15) is 0 Å². The van der Waals surface area contributed by atoms with Crippen LogP contribution in [0.1, 0.15) is 30.8 Å². The Balaban J connectivity index is 2.40. The summed E-state index contributed by atoms with van der Waals surface area (Å²) in [6.45, 7) is 3.06. The number of aryl methyl sites for hydroxylation is 1. The lowest BCUT2D eigenvalue weighted by Crippen LogP contribution is -2.26. The average Bonchev–Trinajstić information content (AvgIpc) is 2.86. The van der Waals surface area contributed by atoms with Crippen LogP contribution in [-0.2, 0) is 7.05 Å². The van der Waals surface area contributed by atoms with Crippen LogP contribution in [0.4, 0.5) is 0 Å². The van der Waals surface area contributed by atoms with Gasteiger partial charge in [0.1, 0.15) is 11.6 Å². The van der Waals surface area contributed by atoms with Gasteiger partial charge >= 0.3 is 0 Å². The Morgan fingerprint density at radius 2 is 2.26 bits per heavy atom. The quantitative estimate of drug-likeness (QED) is 0.862. The molecule has 5 nitrogen and oxygen atoms in total. The molecule has 0 radical (unpaired) electrons. The highest BCUT2D eigenvalue weighted by atomic mass is 16.5. The zero-order chi connectivity index (χ0) is 13.7. The van der Waals surface area contributed by atoms with E-state index in [4.69, 9.17) is 4.74 Å². The highest BCUT2D eigenvalue weighted by molar-refractivity contribution is 5.36. The maximum Gasteiger partial charge on any atom is 0.142 e. The third-order valence-electron chi connectivity index (χ3n) is 3.06. The predicted molar refractivity (Wildman–Crippen MR) is 74.1 cm³/mol. The van der Waals surface area contributed by atoms with E-state index in [2.05, 4.69) is 22.2 Å². The summed E-state index contributed by atoms with van der Waals surface area (Å²) < 4.78 is 7.43. The molecule has 1 N–H and O–H groups in total. The van der Waals surface area contributed by atoms with Crippen LogP contribution in [0.3, 0.4) is 0 Å². The molecule has 5 heteroatoms. The first-order valence-electron chi connectivity index (χ1n) is 6.46. The number of methoxy groups -OCH3 is 1. The molecule has 2 rings (SSSR count). The van der Waals surface area contributed by atoms with E-state index in [1.807, 2.05) is 30.1 Å². The van der Waals surface area contributed by atoms with Crippen LogP contribution in [0.2, 0.25) is 0 Å². The normalized spacial score (nSPS) is 12.4. The molecule has 1 unspecified atom stereocenters. The van der Waals surface area contributed by atoms with Crippen LogP contribution in [0, 0.1) is 0 Å². The van der Waals surface area contributed by atoms with Gasteiger partial charge < -0.3 is 14.6 Å². The van der Waals surface area contributed by atoms with Crippen molar-refractivity contribution in [3.8, 4) is 5.75 Å². The van der Waals surface area contributed by atoms with Crippen molar-refractivity contribution in [2.24, 2.45) is 7.05 Å². The molecule has 2 aromatic heterocycles. The fourth-order valence-electron chi connectivity index (χ4n) is 2.08. The fourth-order valence-corrected chi connectivity index (χ4v) is 2.08. The van der Waals surface area contributed by atoms with Crippen molar-refractivity contribution >= 4 is 0 Å². The van der Waals surface area contributed by atoms with Crippen LogP contribution in [0.5, 0.6) is 5.75 Å². The molecule has 0 aromatic carbocycles. The minimum Gasteiger partial charge on any atom is -0.495 e. The van der Waals surface area contributed by atoms with E-state index in [1.54, 1.807) is 19.5 Å². The van der Waals surface area contributed by atoms with Crippen molar-refractivity contribution in [1.82, 2.24) is 19.9 Å². The number of imidazole rings is 1. The van der Waals surface area contributed by atoms with Gasteiger partial charge in [-0.2, -0.15) is 0 Å². The van der Waals surface area contributed by atoms with Gasteiger partial charge in [0, 0.05) is 31.2 Å². The van der Waals surface area contributed by atoms with Crippen molar-refractivity contribution in [2.75, 3.05) is 13.7 Å². The van der Waals surface area contributed by atoms with E-state index in [0.717, 1.165) is 30.1 Å². The number of nitrogens with one attached hydrogen (secondary N) is 1. The Labute approximate surface area is 113 Å². The van der Waals surface area contributed by atoms with Crippen LogP contribution in [0.15, 0.2) is 30.9 Å². The Hall–Kier alpha value is -1.88. The number of rotatable bonds is 6. The number of pyridine rings is 1. The van der Waals surface area contributed by atoms with Gasteiger partial charge in [-0.15, -0.1) is 0 Å². The maximum absolute atomic E-state index is 5.40. The molecule has 0 aliphatic carbocycles. The van der Waals surface area contributed by atoms with Gasteiger partial charge in [-0.05, 0) is 19.0 Å². The van der Waals surface area contributed by atoms with Crippen LogP contribution in [0.25, 0.3) is 0 Å². The molecule has 0 saturated heterocycles. The van der Waals surface area contributed by atoms with Gasteiger partial charge in [0.2, 0.25) is 0 Å². The highest BCUT2D eigenvalue weighted by Crippen LogP contribution is 2.28. The molecule has 19 heavy (non-hydrogen) atoms. The molecular weight excluding hydrogens is 240 g/mol. The summed E-state index contributed by atoms with van der Waals surface area (Å²) in [6.07, 6.45) is 8.34. The number of aromatic nitrogens is 3. The van der Waals surface area contributed by atoms with Crippen molar-refractivity contribution in [1.29, 1.82) is 0 Å². The standard InChI is InChI=1S/C14H20N4O/c1-4-6-16-13(14-17-8-9-18(14)2)11-5-7-15-10-12(11)19-3/h5,7-10,13,16H,4,6H2,1-3H3. The van der Waals surface area contributed by atoms with Gasteiger partial charge in [-0.3, -0.25) is 4.98 Å². The van der Waals surface area contributed by atoms with Gasteiger partial charge in [0.05, 0.1) is 19.3 Å². The first-order chi connectivity index (χ1) is 9.27. The Kier molecular flexibility index (Phi) is 4.52. The topological polar surface area (TPSA) is 52.0 Å². The molecule has 102 valence electrons. The minimum atomic E-state index is 0.0119. The fraction of sp³-hybridized carbons (Fsp3) is 0.429. The third kappa shape index (κ3) is 2.93. The number of nitrogens with zero attached hydrogens (tertiary/aromatic N) is 3. The number of ether oxygens (including phenoxy) is 1. The largest absolute Gasteiger partial charge is 0.495 e. The average molecular weight is 260 g/mol. The van der Waals surface area contributed by atoms with E-state index < -0.39 is 0 Å².